The number of imide groups is 1. The quantitative estimate of drug-likeness (QED) is 0.642. The molecule has 1 fully saturated rings. The van der Waals surface area contributed by atoms with Crippen LogP contribution in [0.1, 0.15) is 21.7 Å². The van der Waals surface area contributed by atoms with Crippen LogP contribution in [0.5, 0.6) is 0 Å². The van der Waals surface area contributed by atoms with E-state index < -0.39 is 0 Å². The van der Waals surface area contributed by atoms with Gasteiger partial charge in [-0.3, -0.25) is 19.3 Å². The van der Waals surface area contributed by atoms with Crippen LogP contribution < -0.4 is 5.32 Å². The van der Waals surface area contributed by atoms with Crippen LogP contribution in [-0.4, -0.2) is 35.0 Å². The van der Waals surface area contributed by atoms with Crippen molar-refractivity contribution in [3.8, 4) is 0 Å². The molecule has 2 heterocycles. The van der Waals surface area contributed by atoms with Crippen LogP contribution in [0.15, 0.2) is 63.9 Å². The summed E-state index contributed by atoms with van der Waals surface area (Å²) in [5.74, 6) is -0.540. The number of furan rings is 1. The molecule has 29 heavy (non-hydrogen) atoms. The molecule has 2 aromatic carbocycles. The number of thioether (sulfide) groups is 1. The molecule has 1 aliphatic heterocycles. The van der Waals surface area contributed by atoms with E-state index >= 15 is 0 Å². The minimum atomic E-state index is -0.386. The monoisotopic (exact) mass is 406 g/mol. The molecular weight excluding hydrogens is 388 g/mol. The van der Waals surface area contributed by atoms with Crippen LogP contribution >= 0.6 is 11.8 Å². The number of nitrogens with zero attached hydrogens (tertiary/aromatic N) is 1. The van der Waals surface area contributed by atoms with E-state index in [1.54, 1.807) is 18.2 Å². The molecule has 0 saturated carbocycles. The number of amides is 3. The molecule has 1 aliphatic rings. The first kappa shape index (κ1) is 19.0. The van der Waals surface area contributed by atoms with Gasteiger partial charge in [0.15, 0.2) is 5.76 Å². The predicted octanol–water partition coefficient (Wildman–Crippen LogP) is 4.21. The number of rotatable bonds is 5. The average Bonchev–Trinajstić information content (AvgIpc) is 3.26. The molecule has 1 saturated heterocycles. The summed E-state index contributed by atoms with van der Waals surface area (Å²) in [6, 6.07) is 16.7. The van der Waals surface area contributed by atoms with Gasteiger partial charge in [-0.15, -0.1) is 0 Å². The zero-order valence-corrected chi connectivity index (χ0v) is 16.5. The molecular formula is C22H18N2O4S. The molecule has 0 spiro atoms. The third kappa shape index (κ3) is 4.09. The number of benzene rings is 2. The van der Waals surface area contributed by atoms with Crippen LogP contribution in [0.4, 0.5) is 4.79 Å². The van der Waals surface area contributed by atoms with Crippen molar-refractivity contribution in [2.24, 2.45) is 0 Å². The maximum atomic E-state index is 12.5. The molecule has 4 rings (SSSR count). The third-order valence-electron chi connectivity index (χ3n) is 4.52. The molecule has 1 N–H and O–H groups in total. The largest absolute Gasteiger partial charge is 0.451 e. The average molecular weight is 406 g/mol. The van der Waals surface area contributed by atoms with Gasteiger partial charge in [-0.25, -0.2) is 0 Å². The molecule has 0 radical (unpaired) electrons. The Morgan fingerprint density at radius 1 is 1.14 bits per heavy atom. The molecule has 0 bridgehead atoms. The molecule has 3 aromatic rings. The van der Waals surface area contributed by atoms with E-state index in [4.69, 9.17) is 4.42 Å². The number of fused-ring (bicyclic) bond motifs is 1. The summed E-state index contributed by atoms with van der Waals surface area (Å²) < 4.78 is 5.51. The van der Waals surface area contributed by atoms with Crippen LogP contribution in [0.3, 0.4) is 0 Å². The van der Waals surface area contributed by atoms with Crippen molar-refractivity contribution in [2.45, 2.75) is 6.92 Å². The Balaban J connectivity index is 1.36. The van der Waals surface area contributed by atoms with Gasteiger partial charge in [-0.1, -0.05) is 48.0 Å². The maximum Gasteiger partial charge on any atom is 0.293 e. The zero-order chi connectivity index (χ0) is 20.4. The molecule has 3 amide bonds. The summed E-state index contributed by atoms with van der Waals surface area (Å²) in [5.41, 5.74) is 2.61. The number of hydrogen-bond donors (Lipinski definition) is 1. The summed E-state index contributed by atoms with van der Waals surface area (Å²) in [4.78, 5) is 38.5. The first-order chi connectivity index (χ1) is 14.0. The van der Waals surface area contributed by atoms with Gasteiger partial charge in [0, 0.05) is 18.5 Å². The van der Waals surface area contributed by atoms with Crippen molar-refractivity contribution < 1.29 is 18.8 Å². The molecule has 7 heteroatoms. The predicted molar refractivity (Wildman–Crippen MR) is 112 cm³/mol. The lowest BCUT2D eigenvalue weighted by molar-refractivity contribution is -0.122. The lowest BCUT2D eigenvalue weighted by Crippen LogP contribution is -2.37. The normalized spacial score (nSPS) is 15.5. The summed E-state index contributed by atoms with van der Waals surface area (Å²) in [5, 5.41) is 3.19. The van der Waals surface area contributed by atoms with Gasteiger partial charge >= 0.3 is 0 Å². The Labute approximate surface area is 171 Å². The molecule has 1 aromatic heterocycles. The van der Waals surface area contributed by atoms with Crippen molar-refractivity contribution in [2.75, 3.05) is 13.1 Å². The number of hydrogen-bond acceptors (Lipinski definition) is 5. The Morgan fingerprint density at radius 3 is 2.66 bits per heavy atom. The van der Waals surface area contributed by atoms with E-state index in [0.717, 1.165) is 33.2 Å². The van der Waals surface area contributed by atoms with Gasteiger partial charge in [-0.05, 0) is 42.5 Å². The van der Waals surface area contributed by atoms with Crippen LogP contribution in [0, 0.1) is 6.92 Å². The minimum absolute atomic E-state index is 0.0991. The molecule has 0 aliphatic carbocycles. The van der Waals surface area contributed by atoms with Crippen LogP contribution in [-0.2, 0) is 4.79 Å². The summed E-state index contributed by atoms with van der Waals surface area (Å²) >= 11 is 0.906. The van der Waals surface area contributed by atoms with E-state index in [1.807, 2.05) is 49.4 Å². The SMILES string of the molecule is Cc1ccc(/C=C2\SC(=O)N(CCNC(=O)c3cc4ccccc4o3)C2=O)cc1. The Bertz CT molecular complexity index is 1100. The molecule has 146 valence electrons. The molecule has 0 unspecified atom stereocenters. The van der Waals surface area contributed by atoms with E-state index in [2.05, 4.69) is 5.32 Å². The number of carbonyl (C=O) groups excluding carboxylic acids is 3. The van der Waals surface area contributed by atoms with Crippen molar-refractivity contribution in [3.05, 3.63) is 76.4 Å². The number of carbonyl (C=O) groups is 3. The summed E-state index contributed by atoms with van der Waals surface area (Å²) in [6.45, 7) is 2.23. The maximum absolute atomic E-state index is 12.5. The van der Waals surface area contributed by atoms with Gasteiger partial charge in [0.05, 0.1) is 4.91 Å². The van der Waals surface area contributed by atoms with E-state index in [-0.39, 0.29) is 35.9 Å². The topological polar surface area (TPSA) is 79.6 Å². The van der Waals surface area contributed by atoms with E-state index in [9.17, 15) is 14.4 Å². The summed E-state index contributed by atoms with van der Waals surface area (Å²) in [6.07, 6.45) is 1.71. The highest BCUT2D eigenvalue weighted by Gasteiger charge is 2.34. The second-order valence-corrected chi connectivity index (χ2v) is 7.64. The lowest BCUT2D eigenvalue weighted by atomic mass is 10.1. The van der Waals surface area contributed by atoms with Gasteiger partial charge in [0.2, 0.25) is 0 Å². The number of aryl methyl sites for hydroxylation is 1. The smallest absolute Gasteiger partial charge is 0.293 e. The second-order valence-electron chi connectivity index (χ2n) is 6.65. The van der Waals surface area contributed by atoms with Crippen LogP contribution in [0.25, 0.3) is 17.0 Å². The van der Waals surface area contributed by atoms with E-state index in [1.165, 1.54) is 0 Å². The number of nitrogens with one attached hydrogen (secondary N) is 1. The summed E-state index contributed by atoms with van der Waals surface area (Å²) in [7, 11) is 0. The van der Waals surface area contributed by atoms with Gasteiger partial charge in [0.1, 0.15) is 5.58 Å². The van der Waals surface area contributed by atoms with Crippen molar-refractivity contribution in [1.29, 1.82) is 0 Å². The van der Waals surface area contributed by atoms with E-state index in [0.29, 0.717) is 10.5 Å². The Kier molecular flexibility index (Phi) is 5.22. The van der Waals surface area contributed by atoms with Gasteiger partial charge in [-0.2, -0.15) is 0 Å². The van der Waals surface area contributed by atoms with Gasteiger partial charge in [0.25, 0.3) is 17.1 Å². The first-order valence-electron chi connectivity index (χ1n) is 9.10. The Hall–Kier alpha value is -3.32. The molecule has 6 nitrogen and oxygen atoms in total. The highest BCUT2D eigenvalue weighted by Crippen LogP contribution is 2.31. The first-order valence-corrected chi connectivity index (χ1v) is 9.92. The van der Waals surface area contributed by atoms with Crippen molar-refractivity contribution in [1.82, 2.24) is 10.2 Å². The highest BCUT2D eigenvalue weighted by atomic mass is 32.2. The zero-order valence-electron chi connectivity index (χ0n) is 15.7. The highest BCUT2D eigenvalue weighted by molar-refractivity contribution is 8.18. The van der Waals surface area contributed by atoms with Gasteiger partial charge < -0.3 is 9.73 Å². The third-order valence-corrected chi connectivity index (χ3v) is 5.43. The standard InChI is InChI=1S/C22H18N2O4S/c1-14-6-8-15(9-7-14)12-19-21(26)24(22(27)29-19)11-10-23-20(25)18-13-16-4-2-3-5-17(16)28-18/h2-9,12-13H,10-11H2,1H3,(H,23,25)/b19-12-. The van der Waals surface area contributed by atoms with Crippen LogP contribution in [0.2, 0.25) is 0 Å². The molecule has 0 atom stereocenters. The Morgan fingerprint density at radius 2 is 1.90 bits per heavy atom. The fraction of sp³-hybridized carbons (Fsp3) is 0.136. The lowest BCUT2D eigenvalue weighted by Gasteiger charge is -2.12. The number of para-hydroxylation sites is 1. The van der Waals surface area contributed by atoms with Crippen molar-refractivity contribution >= 4 is 45.9 Å². The fourth-order valence-corrected chi connectivity index (χ4v) is 3.83. The fourth-order valence-electron chi connectivity index (χ4n) is 2.97. The minimum Gasteiger partial charge on any atom is -0.451 e. The second kappa shape index (κ2) is 7.97. The van der Waals surface area contributed by atoms with Crippen molar-refractivity contribution in [3.63, 3.8) is 0 Å².